The molecule has 0 aliphatic rings. The average molecular weight is 285 g/mol. The fraction of sp³-hybridized carbons (Fsp3) is 0.462. The molecule has 0 unspecified atom stereocenters. The molecule has 0 aliphatic carbocycles. The van der Waals surface area contributed by atoms with Gasteiger partial charge in [0.05, 0.1) is 17.1 Å². The zero-order valence-electron chi connectivity index (χ0n) is 11.4. The van der Waals surface area contributed by atoms with Crippen molar-refractivity contribution in [1.82, 2.24) is 4.31 Å². The van der Waals surface area contributed by atoms with Gasteiger partial charge in [0.2, 0.25) is 10.0 Å². The molecule has 6 heteroatoms. The number of ether oxygens (including phenoxy) is 1. The molecule has 106 valence electrons. The lowest BCUT2D eigenvalue weighted by atomic mass is 10.2. The van der Waals surface area contributed by atoms with Gasteiger partial charge in [-0.1, -0.05) is 19.9 Å². The molecule has 0 aliphatic heterocycles. The number of sulfonamides is 1. The highest BCUT2D eigenvalue weighted by Crippen LogP contribution is 2.17. The Morgan fingerprint density at radius 1 is 1.21 bits per heavy atom. The third-order valence-electron chi connectivity index (χ3n) is 2.69. The predicted octanol–water partition coefficient (Wildman–Crippen LogP) is 1.89. The lowest BCUT2D eigenvalue weighted by molar-refractivity contribution is 0.0526. The van der Waals surface area contributed by atoms with Crippen LogP contribution in [0.25, 0.3) is 0 Å². The Morgan fingerprint density at radius 3 is 2.37 bits per heavy atom. The minimum Gasteiger partial charge on any atom is -0.462 e. The molecule has 1 aromatic carbocycles. The van der Waals surface area contributed by atoms with Crippen LogP contribution in [0.5, 0.6) is 0 Å². The molecule has 0 saturated carbocycles. The highest BCUT2D eigenvalue weighted by atomic mass is 32.2. The van der Waals surface area contributed by atoms with Gasteiger partial charge in [0, 0.05) is 13.1 Å². The standard InChI is InChI=1S/C13H19NO4S/c1-4-14(5-2)19(16,17)12-9-7-8-11(10-12)13(15)18-6-3/h7-10H,4-6H2,1-3H3. The summed E-state index contributed by atoms with van der Waals surface area (Å²) in [6.07, 6.45) is 0. The summed E-state index contributed by atoms with van der Waals surface area (Å²) in [6, 6.07) is 5.92. The molecule has 1 rings (SSSR count). The van der Waals surface area contributed by atoms with E-state index >= 15 is 0 Å². The van der Waals surface area contributed by atoms with Crippen molar-refractivity contribution in [2.24, 2.45) is 0 Å². The maximum atomic E-state index is 12.3. The summed E-state index contributed by atoms with van der Waals surface area (Å²) in [4.78, 5) is 11.7. The Bertz CT molecular complexity index is 535. The lowest BCUT2D eigenvalue weighted by Gasteiger charge is -2.18. The van der Waals surface area contributed by atoms with Crippen molar-refractivity contribution in [2.45, 2.75) is 25.7 Å². The van der Waals surface area contributed by atoms with Crippen LogP contribution in [-0.4, -0.2) is 38.4 Å². The van der Waals surface area contributed by atoms with Crippen LogP contribution in [-0.2, 0) is 14.8 Å². The molecule has 0 N–H and O–H groups in total. The van der Waals surface area contributed by atoms with Gasteiger partial charge in [-0.05, 0) is 25.1 Å². The minimum absolute atomic E-state index is 0.113. The molecule has 19 heavy (non-hydrogen) atoms. The third kappa shape index (κ3) is 3.54. The predicted molar refractivity (Wildman–Crippen MR) is 72.5 cm³/mol. The highest BCUT2D eigenvalue weighted by Gasteiger charge is 2.22. The second-order valence-corrected chi connectivity index (χ2v) is 5.78. The van der Waals surface area contributed by atoms with Gasteiger partial charge in [-0.2, -0.15) is 4.31 Å². The zero-order valence-corrected chi connectivity index (χ0v) is 12.2. The van der Waals surface area contributed by atoms with Crippen LogP contribution in [0.2, 0.25) is 0 Å². The van der Waals surface area contributed by atoms with Crippen LogP contribution >= 0.6 is 0 Å². The van der Waals surface area contributed by atoms with E-state index in [1.54, 1.807) is 32.9 Å². The van der Waals surface area contributed by atoms with Gasteiger partial charge in [-0.25, -0.2) is 13.2 Å². The van der Waals surface area contributed by atoms with Crippen LogP contribution in [0.4, 0.5) is 0 Å². The van der Waals surface area contributed by atoms with Crippen molar-refractivity contribution >= 4 is 16.0 Å². The van der Waals surface area contributed by atoms with Crippen molar-refractivity contribution < 1.29 is 17.9 Å². The van der Waals surface area contributed by atoms with E-state index in [4.69, 9.17) is 4.74 Å². The van der Waals surface area contributed by atoms with Crippen molar-refractivity contribution in [3.05, 3.63) is 29.8 Å². The molecule has 1 aromatic rings. The van der Waals surface area contributed by atoms with Crippen LogP contribution in [0, 0.1) is 0 Å². The monoisotopic (exact) mass is 285 g/mol. The summed E-state index contributed by atoms with van der Waals surface area (Å²) in [5.74, 6) is -0.515. The summed E-state index contributed by atoms with van der Waals surface area (Å²) >= 11 is 0. The maximum absolute atomic E-state index is 12.3. The molecular formula is C13H19NO4S. The largest absolute Gasteiger partial charge is 0.462 e. The number of hydrogen-bond acceptors (Lipinski definition) is 4. The SMILES string of the molecule is CCOC(=O)c1cccc(S(=O)(=O)N(CC)CC)c1. The quantitative estimate of drug-likeness (QED) is 0.749. The van der Waals surface area contributed by atoms with Crippen LogP contribution < -0.4 is 0 Å². The average Bonchev–Trinajstić information content (AvgIpc) is 2.40. The molecule has 0 saturated heterocycles. The van der Waals surface area contributed by atoms with E-state index in [0.29, 0.717) is 13.1 Å². The number of rotatable bonds is 6. The summed E-state index contributed by atoms with van der Waals surface area (Å²) in [5, 5.41) is 0. The van der Waals surface area contributed by atoms with Crippen LogP contribution in [0.3, 0.4) is 0 Å². The van der Waals surface area contributed by atoms with Gasteiger partial charge in [0.1, 0.15) is 0 Å². The van der Waals surface area contributed by atoms with Gasteiger partial charge >= 0.3 is 5.97 Å². The molecule has 0 amide bonds. The van der Waals surface area contributed by atoms with E-state index in [2.05, 4.69) is 0 Å². The first kappa shape index (κ1) is 15.7. The molecule has 0 heterocycles. The molecule has 5 nitrogen and oxygen atoms in total. The molecule has 0 aromatic heterocycles. The summed E-state index contributed by atoms with van der Waals surface area (Å²) in [6.45, 7) is 6.29. The van der Waals surface area contributed by atoms with E-state index in [-0.39, 0.29) is 17.1 Å². The van der Waals surface area contributed by atoms with Crippen molar-refractivity contribution in [2.75, 3.05) is 19.7 Å². The third-order valence-corrected chi connectivity index (χ3v) is 4.73. The maximum Gasteiger partial charge on any atom is 0.338 e. The first-order chi connectivity index (χ1) is 8.97. The second kappa shape index (κ2) is 6.68. The summed E-state index contributed by atoms with van der Waals surface area (Å²) in [7, 11) is -3.55. The Balaban J connectivity index is 3.15. The van der Waals surface area contributed by atoms with Gasteiger partial charge in [-0.3, -0.25) is 0 Å². The summed E-state index contributed by atoms with van der Waals surface area (Å²) in [5.41, 5.74) is 0.245. The number of esters is 1. The van der Waals surface area contributed by atoms with E-state index in [1.165, 1.54) is 16.4 Å². The van der Waals surface area contributed by atoms with Gasteiger partial charge in [0.15, 0.2) is 0 Å². The van der Waals surface area contributed by atoms with Crippen LogP contribution in [0.1, 0.15) is 31.1 Å². The fourth-order valence-corrected chi connectivity index (χ4v) is 3.21. The highest BCUT2D eigenvalue weighted by molar-refractivity contribution is 7.89. The minimum atomic E-state index is -3.55. The van der Waals surface area contributed by atoms with Crippen LogP contribution in [0.15, 0.2) is 29.2 Å². The molecule has 0 spiro atoms. The topological polar surface area (TPSA) is 63.7 Å². The number of hydrogen-bond donors (Lipinski definition) is 0. The molecular weight excluding hydrogens is 266 g/mol. The molecule has 0 atom stereocenters. The van der Waals surface area contributed by atoms with Gasteiger partial charge in [0.25, 0.3) is 0 Å². The normalized spacial score (nSPS) is 11.6. The van der Waals surface area contributed by atoms with Gasteiger partial charge in [-0.15, -0.1) is 0 Å². The van der Waals surface area contributed by atoms with Crippen molar-refractivity contribution in [3.8, 4) is 0 Å². The Hall–Kier alpha value is -1.40. The summed E-state index contributed by atoms with van der Waals surface area (Å²) < 4.78 is 30.8. The number of carbonyl (C=O) groups is 1. The second-order valence-electron chi connectivity index (χ2n) is 3.84. The first-order valence-electron chi connectivity index (χ1n) is 6.24. The van der Waals surface area contributed by atoms with E-state index < -0.39 is 16.0 Å². The molecule has 0 fully saturated rings. The fourth-order valence-electron chi connectivity index (χ4n) is 1.71. The first-order valence-corrected chi connectivity index (χ1v) is 7.68. The number of benzene rings is 1. The van der Waals surface area contributed by atoms with Crippen molar-refractivity contribution in [3.63, 3.8) is 0 Å². The molecule has 0 radical (unpaired) electrons. The Kier molecular flexibility index (Phi) is 5.50. The number of carbonyl (C=O) groups excluding carboxylic acids is 1. The number of nitrogens with zero attached hydrogens (tertiary/aromatic N) is 1. The Morgan fingerprint density at radius 2 is 1.84 bits per heavy atom. The smallest absolute Gasteiger partial charge is 0.338 e. The lowest BCUT2D eigenvalue weighted by Crippen LogP contribution is -2.30. The van der Waals surface area contributed by atoms with E-state index in [9.17, 15) is 13.2 Å². The Labute approximate surface area is 114 Å². The van der Waals surface area contributed by atoms with Gasteiger partial charge < -0.3 is 4.74 Å². The van der Waals surface area contributed by atoms with Crippen molar-refractivity contribution in [1.29, 1.82) is 0 Å². The van der Waals surface area contributed by atoms with E-state index in [0.717, 1.165) is 0 Å². The van der Waals surface area contributed by atoms with E-state index in [1.807, 2.05) is 0 Å². The zero-order chi connectivity index (χ0) is 14.5. The molecule has 0 bridgehead atoms.